The monoisotopic (exact) mass is 143 g/mol. The van der Waals surface area contributed by atoms with Crippen LogP contribution in [0.3, 0.4) is 0 Å². The topological polar surface area (TPSA) is 22.0 Å². The second kappa shape index (κ2) is 2.35. The summed E-state index contributed by atoms with van der Waals surface area (Å²) < 4.78 is 1.64. The number of aromatic nitrogens is 1. The molecule has 1 rings (SSSR count). The summed E-state index contributed by atoms with van der Waals surface area (Å²) >= 11 is 1.52. The fourth-order valence-corrected chi connectivity index (χ4v) is 1.42. The number of rotatable bonds is 1. The first kappa shape index (κ1) is 6.55. The molecule has 1 heterocycles. The lowest BCUT2D eigenvalue weighted by atomic mass is 10.4. The SMILES string of the molecule is CCc1cc(=O)n(C)s1. The maximum Gasteiger partial charge on any atom is 0.260 e. The highest BCUT2D eigenvalue weighted by Crippen LogP contribution is 2.02. The zero-order valence-corrected chi connectivity index (χ0v) is 6.36. The normalized spacial score (nSPS) is 10.0. The molecular weight excluding hydrogens is 134 g/mol. The Labute approximate surface area is 57.9 Å². The van der Waals surface area contributed by atoms with Crippen LogP contribution in [0.4, 0.5) is 0 Å². The number of hydrogen-bond acceptors (Lipinski definition) is 2. The van der Waals surface area contributed by atoms with Gasteiger partial charge in [-0.3, -0.25) is 8.75 Å². The molecule has 0 aliphatic rings. The molecule has 0 N–H and O–H groups in total. The highest BCUT2D eigenvalue weighted by Gasteiger charge is 1.95. The second-order valence-electron chi connectivity index (χ2n) is 1.89. The third kappa shape index (κ3) is 1.21. The zero-order valence-electron chi connectivity index (χ0n) is 5.55. The van der Waals surface area contributed by atoms with E-state index in [2.05, 4.69) is 0 Å². The first-order chi connectivity index (χ1) is 4.24. The molecule has 0 saturated heterocycles. The molecule has 0 spiro atoms. The van der Waals surface area contributed by atoms with Gasteiger partial charge in [-0.1, -0.05) is 18.5 Å². The maximum atomic E-state index is 10.8. The van der Waals surface area contributed by atoms with E-state index in [0.717, 1.165) is 11.3 Å². The third-order valence-corrected chi connectivity index (χ3v) is 2.29. The van der Waals surface area contributed by atoms with Crippen LogP contribution in [0.5, 0.6) is 0 Å². The Balaban J connectivity index is 3.13. The molecule has 1 aromatic heterocycles. The van der Waals surface area contributed by atoms with E-state index in [1.54, 1.807) is 17.1 Å². The van der Waals surface area contributed by atoms with Crippen LogP contribution in [0.1, 0.15) is 11.8 Å². The zero-order chi connectivity index (χ0) is 6.85. The average molecular weight is 143 g/mol. The quantitative estimate of drug-likeness (QED) is 0.575. The minimum absolute atomic E-state index is 0.108. The molecule has 3 heteroatoms. The van der Waals surface area contributed by atoms with Crippen molar-refractivity contribution >= 4 is 11.5 Å². The summed E-state index contributed by atoms with van der Waals surface area (Å²) in [6.07, 6.45) is 0.959. The van der Waals surface area contributed by atoms with Crippen molar-refractivity contribution in [1.82, 2.24) is 3.96 Å². The van der Waals surface area contributed by atoms with Crippen LogP contribution in [-0.2, 0) is 13.5 Å². The first-order valence-electron chi connectivity index (χ1n) is 2.90. The fraction of sp³-hybridized carbons (Fsp3) is 0.500. The standard InChI is InChI=1S/C6H9NOS/c1-3-5-4-6(8)7(2)9-5/h4H,3H2,1-2H3. The number of aryl methyl sites for hydroxylation is 2. The minimum Gasteiger partial charge on any atom is -0.268 e. The van der Waals surface area contributed by atoms with Crippen molar-refractivity contribution < 1.29 is 0 Å². The van der Waals surface area contributed by atoms with Crippen LogP contribution in [0.15, 0.2) is 10.9 Å². The average Bonchev–Trinajstić information content (AvgIpc) is 2.13. The van der Waals surface area contributed by atoms with E-state index in [1.807, 2.05) is 6.92 Å². The van der Waals surface area contributed by atoms with Gasteiger partial charge >= 0.3 is 0 Å². The van der Waals surface area contributed by atoms with Crippen molar-refractivity contribution in [3.05, 3.63) is 21.3 Å². The smallest absolute Gasteiger partial charge is 0.260 e. The van der Waals surface area contributed by atoms with E-state index in [-0.39, 0.29) is 5.56 Å². The molecule has 0 aliphatic heterocycles. The molecule has 1 aromatic rings. The summed E-state index contributed by atoms with van der Waals surface area (Å²) in [5.41, 5.74) is 0.108. The Morgan fingerprint density at radius 1 is 1.78 bits per heavy atom. The lowest BCUT2D eigenvalue weighted by Gasteiger charge is -1.82. The Morgan fingerprint density at radius 2 is 2.44 bits per heavy atom. The first-order valence-corrected chi connectivity index (χ1v) is 3.67. The molecule has 0 bridgehead atoms. The van der Waals surface area contributed by atoms with Gasteiger partial charge in [0.1, 0.15) is 0 Å². The largest absolute Gasteiger partial charge is 0.268 e. The highest BCUT2D eigenvalue weighted by molar-refractivity contribution is 7.06. The fourth-order valence-electron chi connectivity index (χ4n) is 0.642. The van der Waals surface area contributed by atoms with Gasteiger partial charge in [-0.25, -0.2) is 0 Å². The molecule has 50 valence electrons. The number of nitrogens with zero attached hydrogens (tertiary/aromatic N) is 1. The van der Waals surface area contributed by atoms with Crippen molar-refractivity contribution in [2.24, 2.45) is 7.05 Å². The molecule has 0 amide bonds. The van der Waals surface area contributed by atoms with E-state index >= 15 is 0 Å². The maximum absolute atomic E-state index is 10.8. The van der Waals surface area contributed by atoms with Crippen LogP contribution in [0.25, 0.3) is 0 Å². The van der Waals surface area contributed by atoms with Crippen molar-refractivity contribution in [2.75, 3.05) is 0 Å². The van der Waals surface area contributed by atoms with E-state index in [4.69, 9.17) is 0 Å². The molecule has 0 aliphatic carbocycles. The van der Waals surface area contributed by atoms with Gasteiger partial charge in [-0.2, -0.15) is 0 Å². The Kier molecular flexibility index (Phi) is 1.71. The lowest BCUT2D eigenvalue weighted by molar-refractivity contribution is 0.981. The molecule has 0 fully saturated rings. The van der Waals surface area contributed by atoms with Crippen molar-refractivity contribution in [1.29, 1.82) is 0 Å². The predicted molar refractivity (Wildman–Crippen MR) is 38.9 cm³/mol. The Morgan fingerprint density at radius 3 is 2.67 bits per heavy atom. The second-order valence-corrected chi connectivity index (χ2v) is 3.15. The molecular formula is C6H9NOS. The lowest BCUT2D eigenvalue weighted by Crippen LogP contribution is -2.05. The van der Waals surface area contributed by atoms with Crippen LogP contribution < -0.4 is 5.56 Å². The summed E-state index contributed by atoms with van der Waals surface area (Å²) in [6, 6.07) is 1.69. The van der Waals surface area contributed by atoms with Gasteiger partial charge in [-0.15, -0.1) is 0 Å². The van der Waals surface area contributed by atoms with Gasteiger partial charge in [0.15, 0.2) is 0 Å². The summed E-state index contributed by atoms with van der Waals surface area (Å²) in [6.45, 7) is 2.05. The van der Waals surface area contributed by atoms with Crippen molar-refractivity contribution in [3.63, 3.8) is 0 Å². The van der Waals surface area contributed by atoms with Crippen LogP contribution in [-0.4, -0.2) is 3.96 Å². The molecule has 9 heavy (non-hydrogen) atoms. The summed E-state index contributed by atoms with van der Waals surface area (Å²) in [7, 11) is 1.78. The number of hydrogen-bond donors (Lipinski definition) is 0. The van der Waals surface area contributed by atoms with Gasteiger partial charge in [0.25, 0.3) is 5.56 Å². The van der Waals surface area contributed by atoms with Gasteiger partial charge in [0, 0.05) is 18.0 Å². The summed E-state index contributed by atoms with van der Waals surface area (Å²) in [4.78, 5) is 11.9. The van der Waals surface area contributed by atoms with Crippen molar-refractivity contribution in [2.45, 2.75) is 13.3 Å². The van der Waals surface area contributed by atoms with Crippen LogP contribution >= 0.6 is 11.5 Å². The Hall–Kier alpha value is -0.570. The van der Waals surface area contributed by atoms with Gasteiger partial charge < -0.3 is 0 Å². The molecule has 2 nitrogen and oxygen atoms in total. The molecule has 0 unspecified atom stereocenters. The Bertz CT molecular complexity index is 248. The van der Waals surface area contributed by atoms with Crippen LogP contribution in [0, 0.1) is 0 Å². The van der Waals surface area contributed by atoms with Crippen molar-refractivity contribution in [3.8, 4) is 0 Å². The highest BCUT2D eigenvalue weighted by atomic mass is 32.1. The van der Waals surface area contributed by atoms with E-state index in [0.29, 0.717) is 0 Å². The summed E-state index contributed by atoms with van der Waals surface area (Å²) in [5, 5.41) is 0. The molecule has 0 saturated carbocycles. The third-order valence-electron chi connectivity index (χ3n) is 1.20. The van der Waals surface area contributed by atoms with Gasteiger partial charge in [0.05, 0.1) is 0 Å². The summed E-state index contributed by atoms with van der Waals surface area (Å²) in [5.74, 6) is 0. The predicted octanol–water partition coefficient (Wildman–Crippen LogP) is 1.01. The van der Waals surface area contributed by atoms with E-state index < -0.39 is 0 Å². The molecule has 0 radical (unpaired) electrons. The van der Waals surface area contributed by atoms with E-state index in [1.165, 1.54) is 11.5 Å². The van der Waals surface area contributed by atoms with Gasteiger partial charge in [0.2, 0.25) is 0 Å². The van der Waals surface area contributed by atoms with Crippen LogP contribution in [0.2, 0.25) is 0 Å². The molecule has 0 aromatic carbocycles. The van der Waals surface area contributed by atoms with E-state index in [9.17, 15) is 4.79 Å². The minimum atomic E-state index is 0.108. The molecule has 0 atom stereocenters. The van der Waals surface area contributed by atoms with Gasteiger partial charge in [-0.05, 0) is 6.42 Å².